The molecule has 1 aliphatic heterocycles. The Morgan fingerprint density at radius 3 is 2.22 bits per heavy atom. The van der Waals surface area contributed by atoms with E-state index in [4.69, 9.17) is 9.57 Å². The number of carbonyl (C=O) groups excluding carboxylic acids is 2. The molecule has 0 spiro atoms. The van der Waals surface area contributed by atoms with Crippen molar-refractivity contribution < 1.29 is 19.2 Å². The fourth-order valence-electron chi connectivity index (χ4n) is 2.53. The minimum Gasteiger partial charge on any atom is -0.445 e. The minimum atomic E-state index is -0.490. The van der Waals surface area contributed by atoms with Gasteiger partial charge in [-0.15, -0.1) is 0 Å². The second kappa shape index (κ2) is 9.38. The minimum absolute atomic E-state index is 0.115. The molecule has 0 atom stereocenters. The van der Waals surface area contributed by atoms with Crippen LogP contribution in [0.2, 0.25) is 0 Å². The van der Waals surface area contributed by atoms with Crippen LogP contribution in [0.4, 0.5) is 4.79 Å². The number of rotatable bonds is 7. The van der Waals surface area contributed by atoms with E-state index in [1.165, 1.54) is 0 Å². The van der Waals surface area contributed by atoms with Gasteiger partial charge in [0.2, 0.25) is 0 Å². The van der Waals surface area contributed by atoms with Gasteiger partial charge in [0.25, 0.3) is 5.91 Å². The molecule has 7 heteroatoms. The molecule has 2 amide bonds. The summed E-state index contributed by atoms with van der Waals surface area (Å²) in [5, 5.41) is 6.42. The first-order valence-electron chi connectivity index (χ1n) is 8.66. The molecule has 0 bridgehead atoms. The standard InChI is InChI=1S/C20H21N3O4/c24-19(11-21-27-15-17-9-5-2-6-10-17)23-12-18(13-23)22-20(25)26-14-16-7-3-1-4-8-16/h1-11,18H,12-15H2,(H,22,25). The molecule has 27 heavy (non-hydrogen) atoms. The predicted molar refractivity (Wildman–Crippen MR) is 99.9 cm³/mol. The van der Waals surface area contributed by atoms with Gasteiger partial charge in [-0.1, -0.05) is 65.8 Å². The Kier molecular flexibility index (Phi) is 6.40. The summed E-state index contributed by atoms with van der Waals surface area (Å²) in [6.45, 7) is 1.36. The van der Waals surface area contributed by atoms with Crippen molar-refractivity contribution >= 4 is 18.2 Å². The van der Waals surface area contributed by atoms with Gasteiger partial charge in [-0.3, -0.25) is 4.79 Å². The van der Waals surface area contributed by atoms with Crippen LogP contribution in [0.15, 0.2) is 65.8 Å². The molecular formula is C20H21N3O4. The van der Waals surface area contributed by atoms with Gasteiger partial charge in [0, 0.05) is 13.1 Å². The van der Waals surface area contributed by atoms with E-state index in [0.29, 0.717) is 19.7 Å². The lowest BCUT2D eigenvalue weighted by atomic mass is 10.1. The second-order valence-electron chi connectivity index (χ2n) is 6.14. The largest absolute Gasteiger partial charge is 0.445 e. The van der Waals surface area contributed by atoms with Crippen LogP contribution in [0.1, 0.15) is 11.1 Å². The summed E-state index contributed by atoms with van der Waals surface area (Å²) >= 11 is 0. The van der Waals surface area contributed by atoms with Crippen molar-refractivity contribution in [3.05, 3.63) is 71.8 Å². The van der Waals surface area contributed by atoms with E-state index in [-0.39, 0.29) is 18.6 Å². The van der Waals surface area contributed by atoms with Crippen LogP contribution in [0.5, 0.6) is 0 Å². The number of nitrogens with one attached hydrogen (secondary N) is 1. The average Bonchev–Trinajstić information content (AvgIpc) is 2.67. The number of benzene rings is 2. The molecule has 1 aliphatic rings. The van der Waals surface area contributed by atoms with Crippen LogP contribution in [0.3, 0.4) is 0 Å². The Hall–Kier alpha value is -3.35. The Balaban J connectivity index is 1.30. The van der Waals surface area contributed by atoms with Gasteiger partial charge < -0.3 is 19.8 Å². The Morgan fingerprint density at radius 2 is 1.59 bits per heavy atom. The van der Waals surface area contributed by atoms with Crippen molar-refractivity contribution in [2.75, 3.05) is 13.1 Å². The molecule has 1 N–H and O–H groups in total. The van der Waals surface area contributed by atoms with E-state index >= 15 is 0 Å². The van der Waals surface area contributed by atoms with Gasteiger partial charge in [0.1, 0.15) is 19.4 Å². The molecule has 1 saturated heterocycles. The topological polar surface area (TPSA) is 80.2 Å². The van der Waals surface area contributed by atoms with Crippen molar-refractivity contribution in [1.82, 2.24) is 10.2 Å². The van der Waals surface area contributed by atoms with E-state index in [9.17, 15) is 9.59 Å². The van der Waals surface area contributed by atoms with Crippen molar-refractivity contribution in [3.8, 4) is 0 Å². The smallest absolute Gasteiger partial charge is 0.407 e. The van der Waals surface area contributed by atoms with Gasteiger partial charge in [0.05, 0.1) is 6.04 Å². The summed E-state index contributed by atoms with van der Waals surface area (Å²) in [6, 6.07) is 18.9. The number of alkyl carbamates (subject to hydrolysis) is 1. The van der Waals surface area contributed by atoms with E-state index in [1.807, 2.05) is 60.7 Å². The number of ether oxygens (including phenoxy) is 1. The van der Waals surface area contributed by atoms with E-state index < -0.39 is 6.09 Å². The quantitative estimate of drug-likeness (QED) is 0.602. The zero-order chi connectivity index (χ0) is 18.9. The normalized spacial score (nSPS) is 13.9. The maximum absolute atomic E-state index is 11.9. The number of nitrogens with zero attached hydrogens (tertiary/aromatic N) is 2. The Morgan fingerprint density at radius 1 is 1.00 bits per heavy atom. The lowest BCUT2D eigenvalue weighted by Crippen LogP contribution is -2.61. The molecule has 0 radical (unpaired) electrons. The number of amides is 2. The summed E-state index contributed by atoms with van der Waals surface area (Å²) < 4.78 is 5.15. The first-order chi connectivity index (χ1) is 13.2. The summed E-state index contributed by atoms with van der Waals surface area (Å²) in [7, 11) is 0. The first-order valence-corrected chi connectivity index (χ1v) is 8.66. The highest BCUT2D eigenvalue weighted by molar-refractivity contribution is 6.26. The zero-order valence-electron chi connectivity index (χ0n) is 14.8. The van der Waals surface area contributed by atoms with Gasteiger partial charge in [-0.2, -0.15) is 0 Å². The van der Waals surface area contributed by atoms with Crippen molar-refractivity contribution in [3.63, 3.8) is 0 Å². The molecule has 3 rings (SSSR count). The average molecular weight is 367 g/mol. The van der Waals surface area contributed by atoms with Gasteiger partial charge in [0.15, 0.2) is 0 Å². The van der Waals surface area contributed by atoms with E-state index in [0.717, 1.165) is 17.3 Å². The molecule has 2 aromatic rings. The van der Waals surface area contributed by atoms with Crippen molar-refractivity contribution in [2.45, 2.75) is 19.3 Å². The lowest BCUT2D eigenvalue weighted by molar-refractivity contribution is -0.128. The number of oxime groups is 1. The number of hydrogen-bond donors (Lipinski definition) is 1. The molecule has 2 aromatic carbocycles. The number of likely N-dealkylation sites (tertiary alicyclic amines) is 1. The third kappa shape index (κ3) is 5.85. The highest BCUT2D eigenvalue weighted by atomic mass is 16.6. The molecule has 0 aromatic heterocycles. The Bertz CT molecular complexity index is 774. The van der Waals surface area contributed by atoms with Crippen LogP contribution in [0, 0.1) is 0 Å². The molecule has 0 saturated carbocycles. The fraction of sp³-hybridized carbons (Fsp3) is 0.250. The molecule has 140 valence electrons. The highest BCUT2D eigenvalue weighted by Gasteiger charge is 2.31. The monoisotopic (exact) mass is 367 g/mol. The van der Waals surface area contributed by atoms with E-state index in [2.05, 4.69) is 10.5 Å². The maximum Gasteiger partial charge on any atom is 0.407 e. The van der Waals surface area contributed by atoms with Gasteiger partial charge >= 0.3 is 6.09 Å². The highest BCUT2D eigenvalue weighted by Crippen LogP contribution is 2.08. The third-order valence-electron chi connectivity index (χ3n) is 4.04. The van der Waals surface area contributed by atoms with Gasteiger partial charge in [-0.25, -0.2) is 4.79 Å². The molecule has 0 unspecified atom stereocenters. The van der Waals surface area contributed by atoms with Crippen LogP contribution in [-0.2, 0) is 27.6 Å². The third-order valence-corrected chi connectivity index (χ3v) is 4.04. The summed E-state index contributed by atoms with van der Waals surface area (Å²) in [5.74, 6) is -0.251. The summed E-state index contributed by atoms with van der Waals surface area (Å²) in [5.41, 5.74) is 1.90. The first kappa shape index (κ1) is 18.4. The molecule has 1 fully saturated rings. The van der Waals surface area contributed by atoms with E-state index in [1.54, 1.807) is 4.90 Å². The number of carbonyl (C=O) groups is 2. The summed E-state index contributed by atoms with van der Waals surface area (Å²) in [4.78, 5) is 30.4. The maximum atomic E-state index is 11.9. The van der Waals surface area contributed by atoms with Gasteiger partial charge in [-0.05, 0) is 11.1 Å². The van der Waals surface area contributed by atoms with Crippen LogP contribution < -0.4 is 5.32 Å². The van der Waals surface area contributed by atoms with Crippen molar-refractivity contribution in [1.29, 1.82) is 0 Å². The predicted octanol–water partition coefficient (Wildman–Crippen LogP) is 2.33. The second-order valence-corrected chi connectivity index (χ2v) is 6.14. The fourth-order valence-corrected chi connectivity index (χ4v) is 2.53. The zero-order valence-corrected chi connectivity index (χ0v) is 14.8. The SMILES string of the molecule is O=C(NC1CN(C(=O)C=NOCc2ccccc2)C1)OCc1ccccc1. The Labute approximate surface area is 157 Å². The molecule has 1 heterocycles. The van der Waals surface area contributed by atoms with Crippen LogP contribution in [-0.4, -0.2) is 42.2 Å². The van der Waals surface area contributed by atoms with Crippen molar-refractivity contribution in [2.24, 2.45) is 5.16 Å². The summed E-state index contributed by atoms with van der Waals surface area (Å²) in [6.07, 6.45) is 0.656. The van der Waals surface area contributed by atoms with Crippen LogP contribution >= 0.6 is 0 Å². The lowest BCUT2D eigenvalue weighted by Gasteiger charge is -2.38. The number of hydrogen-bond acceptors (Lipinski definition) is 5. The molecular weight excluding hydrogens is 346 g/mol. The molecule has 0 aliphatic carbocycles. The van der Waals surface area contributed by atoms with Crippen LogP contribution in [0.25, 0.3) is 0 Å². The molecule has 7 nitrogen and oxygen atoms in total.